The van der Waals surface area contributed by atoms with Gasteiger partial charge in [0.25, 0.3) is 0 Å². The van der Waals surface area contributed by atoms with Crippen molar-refractivity contribution in [3.8, 4) is 0 Å². The molecule has 0 atom stereocenters. The first-order chi connectivity index (χ1) is 12.0. The SMILES string of the molecule is CC(C)N1CNc2c(Nc3ccc(Cl)cc3Cl)nc(NCCO)nc21. The quantitative estimate of drug-likeness (QED) is 0.607. The van der Waals surface area contributed by atoms with Crippen molar-refractivity contribution in [1.82, 2.24) is 9.97 Å². The second-order valence-corrected chi connectivity index (χ2v) is 6.74. The summed E-state index contributed by atoms with van der Waals surface area (Å²) in [7, 11) is 0. The van der Waals surface area contributed by atoms with Crippen LogP contribution in [0.15, 0.2) is 18.2 Å². The number of halogens is 2. The predicted octanol–water partition coefficient (Wildman–Crippen LogP) is 3.53. The highest BCUT2D eigenvalue weighted by Crippen LogP contribution is 2.39. The Hall–Kier alpha value is -1.96. The largest absolute Gasteiger partial charge is 0.395 e. The van der Waals surface area contributed by atoms with Crippen molar-refractivity contribution < 1.29 is 5.11 Å². The number of aromatic nitrogens is 2. The number of nitrogens with zero attached hydrogens (tertiary/aromatic N) is 3. The molecule has 4 N–H and O–H groups in total. The van der Waals surface area contributed by atoms with Crippen LogP contribution in [-0.4, -0.2) is 40.9 Å². The number of aliphatic hydroxyl groups is 1. The van der Waals surface area contributed by atoms with Gasteiger partial charge in [-0.15, -0.1) is 0 Å². The summed E-state index contributed by atoms with van der Waals surface area (Å²) < 4.78 is 0. The third-order valence-electron chi connectivity index (χ3n) is 3.79. The number of fused-ring (bicyclic) bond motifs is 1. The summed E-state index contributed by atoms with van der Waals surface area (Å²) >= 11 is 12.2. The fraction of sp³-hybridized carbons (Fsp3) is 0.375. The third kappa shape index (κ3) is 3.84. The second kappa shape index (κ2) is 7.51. The average molecular weight is 383 g/mol. The summed E-state index contributed by atoms with van der Waals surface area (Å²) in [6, 6.07) is 5.51. The number of hydrogen-bond acceptors (Lipinski definition) is 7. The van der Waals surface area contributed by atoms with Gasteiger partial charge in [-0.3, -0.25) is 0 Å². The van der Waals surface area contributed by atoms with Crippen LogP contribution in [0.25, 0.3) is 0 Å². The Labute approximate surface area is 156 Å². The van der Waals surface area contributed by atoms with Gasteiger partial charge in [0, 0.05) is 17.6 Å². The van der Waals surface area contributed by atoms with Crippen molar-refractivity contribution in [2.45, 2.75) is 19.9 Å². The molecular formula is C16H20Cl2N6O. The average Bonchev–Trinajstić information content (AvgIpc) is 2.99. The van der Waals surface area contributed by atoms with Crippen LogP contribution in [-0.2, 0) is 0 Å². The summed E-state index contributed by atoms with van der Waals surface area (Å²) in [5, 5.41) is 19.7. The molecule has 0 fully saturated rings. The van der Waals surface area contributed by atoms with Gasteiger partial charge in [-0.2, -0.15) is 9.97 Å². The van der Waals surface area contributed by atoms with Gasteiger partial charge in [0.2, 0.25) is 5.95 Å². The minimum atomic E-state index is -0.00162. The van der Waals surface area contributed by atoms with Crippen LogP contribution < -0.4 is 20.9 Å². The highest BCUT2D eigenvalue weighted by Gasteiger charge is 2.27. The zero-order chi connectivity index (χ0) is 18.0. The number of anilines is 5. The third-order valence-corrected chi connectivity index (χ3v) is 4.34. The first-order valence-electron chi connectivity index (χ1n) is 7.99. The van der Waals surface area contributed by atoms with Crippen LogP contribution >= 0.6 is 23.2 Å². The minimum Gasteiger partial charge on any atom is -0.395 e. The highest BCUT2D eigenvalue weighted by atomic mass is 35.5. The lowest BCUT2D eigenvalue weighted by Gasteiger charge is -2.22. The summed E-state index contributed by atoms with van der Waals surface area (Å²) in [4.78, 5) is 11.2. The Morgan fingerprint density at radius 2 is 2.12 bits per heavy atom. The number of aliphatic hydroxyl groups excluding tert-OH is 1. The molecule has 25 heavy (non-hydrogen) atoms. The maximum absolute atomic E-state index is 9.04. The zero-order valence-corrected chi connectivity index (χ0v) is 15.5. The number of rotatable bonds is 6. The number of benzene rings is 1. The zero-order valence-electron chi connectivity index (χ0n) is 14.0. The van der Waals surface area contributed by atoms with Gasteiger partial charge >= 0.3 is 0 Å². The van der Waals surface area contributed by atoms with E-state index in [4.69, 9.17) is 28.3 Å². The van der Waals surface area contributed by atoms with Crippen molar-refractivity contribution in [2.75, 3.05) is 40.7 Å². The molecule has 2 heterocycles. The fourth-order valence-corrected chi connectivity index (χ4v) is 3.00. The molecule has 9 heteroatoms. The molecule has 0 saturated carbocycles. The number of nitrogens with one attached hydrogen (secondary N) is 3. The van der Waals surface area contributed by atoms with Crippen molar-refractivity contribution in [1.29, 1.82) is 0 Å². The lowest BCUT2D eigenvalue weighted by Crippen LogP contribution is -2.30. The van der Waals surface area contributed by atoms with Crippen LogP contribution in [0.5, 0.6) is 0 Å². The molecule has 0 aliphatic carbocycles. The summed E-state index contributed by atoms with van der Waals surface area (Å²) in [6.45, 7) is 5.22. The van der Waals surface area contributed by atoms with E-state index in [1.165, 1.54) is 0 Å². The van der Waals surface area contributed by atoms with Gasteiger partial charge in [0.1, 0.15) is 5.69 Å². The van der Waals surface area contributed by atoms with Gasteiger partial charge < -0.3 is 26.0 Å². The van der Waals surface area contributed by atoms with Crippen LogP contribution in [0.4, 0.5) is 29.0 Å². The molecule has 1 aliphatic heterocycles. The maximum atomic E-state index is 9.04. The molecule has 7 nitrogen and oxygen atoms in total. The summed E-state index contributed by atoms with van der Waals surface area (Å²) in [6.07, 6.45) is 0. The van der Waals surface area contributed by atoms with Gasteiger partial charge in [0.05, 0.1) is 24.0 Å². The summed E-state index contributed by atoms with van der Waals surface area (Å²) in [5.41, 5.74) is 1.51. The van der Waals surface area contributed by atoms with Gasteiger partial charge in [-0.25, -0.2) is 0 Å². The molecule has 1 aromatic heterocycles. The predicted molar refractivity (Wildman–Crippen MR) is 103 cm³/mol. The normalized spacial score (nSPS) is 13.0. The Balaban J connectivity index is 1.99. The van der Waals surface area contributed by atoms with Crippen LogP contribution in [0.1, 0.15) is 13.8 Å². The molecule has 0 amide bonds. The van der Waals surface area contributed by atoms with E-state index < -0.39 is 0 Å². The molecule has 134 valence electrons. The molecule has 0 spiro atoms. The minimum absolute atomic E-state index is 0.00162. The molecular weight excluding hydrogens is 363 g/mol. The van der Waals surface area contributed by atoms with E-state index in [1.54, 1.807) is 18.2 Å². The van der Waals surface area contributed by atoms with Crippen molar-refractivity contribution in [2.24, 2.45) is 0 Å². The molecule has 2 aromatic rings. The van der Waals surface area contributed by atoms with E-state index in [2.05, 4.69) is 44.7 Å². The Morgan fingerprint density at radius 3 is 2.80 bits per heavy atom. The van der Waals surface area contributed by atoms with Crippen LogP contribution in [0, 0.1) is 0 Å². The van der Waals surface area contributed by atoms with Gasteiger partial charge in [-0.05, 0) is 32.0 Å². The van der Waals surface area contributed by atoms with Gasteiger partial charge in [-0.1, -0.05) is 23.2 Å². The van der Waals surface area contributed by atoms with Crippen molar-refractivity contribution in [3.05, 3.63) is 28.2 Å². The fourth-order valence-electron chi connectivity index (χ4n) is 2.54. The molecule has 0 unspecified atom stereocenters. The first kappa shape index (κ1) is 17.8. The summed E-state index contributed by atoms with van der Waals surface area (Å²) in [5.74, 6) is 1.85. The van der Waals surface area contributed by atoms with E-state index >= 15 is 0 Å². The molecule has 1 aliphatic rings. The lowest BCUT2D eigenvalue weighted by molar-refractivity contribution is 0.311. The highest BCUT2D eigenvalue weighted by molar-refractivity contribution is 6.36. The Morgan fingerprint density at radius 1 is 1.32 bits per heavy atom. The second-order valence-electron chi connectivity index (χ2n) is 5.89. The van der Waals surface area contributed by atoms with E-state index in [1.807, 2.05) is 0 Å². The molecule has 0 bridgehead atoms. The Kier molecular flexibility index (Phi) is 5.36. The monoisotopic (exact) mass is 382 g/mol. The number of hydrogen-bond donors (Lipinski definition) is 4. The molecule has 1 aromatic carbocycles. The van der Waals surface area contributed by atoms with E-state index in [9.17, 15) is 0 Å². The van der Waals surface area contributed by atoms with Crippen molar-refractivity contribution in [3.63, 3.8) is 0 Å². The molecule has 0 saturated heterocycles. The topological polar surface area (TPSA) is 85.3 Å². The van der Waals surface area contributed by atoms with E-state index in [-0.39, 0.29) is 12.6 Å². The maximum Gasteiger partial charge on any atom is 0.226 e. The first-order valence-corrected chi connectivity index (χ1v) is 8.74. The van der Waals surface area contributed by atoms with Crippen molar-refractivity contribution >= 4 is 52.2 Å². The molecule has 0 radical (unpaired) electrons. The van der Waals surface area contributed by atoms with Crippen LogP contribution in [0.2, 0.25) is 10.0 Å². The smallest absolute Gasteiger partial charge is 0.226 e. The van der Waals surface area contributed by atoms with Crippen LogP contribution in [0.3, 0.4) is 0 Å². The van der Waals surface area contributed by atoms with E-state index in [0.29, 0.717) is 40.7 Å². The Bertz CT molecular complexity index is 771. The standard InChI is InChI=1S/C16H20Cl2N6O/c1-9(2)24-8-20-13-14(21-12-4-3-10(17)7-11(12)18)22-16(19-5-6-25)23-15(13)24/h3-4,7,9,20,25H,5-6,8H2,1-2H3,(H2,19,21,22,23). The lowest BCUT2D eigenvalue weighted by atomic mass is 10.3. The van der Waals surface area contributed by atoms with Gasteiger partial charge in [0.15, 0.2) is 11.6 Å². The van der Waals surface area contributed by atoms with E-state index in [0.717, 1.165) is 11.5 Å². The molecule has 3 rings (SSSR count).